The second-order valence-corrected chi connectivity index (χ2v) is 8.61. The van der Waals surface area contributed by atoms with Crippen molar-refractivity contribution in [1.29, 1.82) is 0 Å². The molecule has 128 valence electrons. The van der Waals surface area contributed by atoms with Crippen molar-refractivity contribution in [1.82, 2.24) is 4.90 Å². The third-order valence-electron chi connectivity index (χ3n) is 7.26. The SMILES string of the molecule is C[C@@H]1C[C@H](C)[C@H](C)N(CCc2cccc3c2C[C@@H](C)[C@H]3C)[C@@H]1C. The van der Waals surface area contributed by atoms with E-state index in [1.165, 1.54) is 25.8 Å². The highest BCUT2D eigenvalue weighted by Gasteiger charge is 2.34. The maximum atomic E-state index is 2.78. The molecular formula is C22H35N. The van der Waals surface area contributed by atoms with Gasteiger partial charge in [0.15, 0.2) is 0 Å². The fourth-order valence-corrected chi connectivity index (χ4v) is 5.03. The largest absolute Gasteiger partial charge is 0.297 e. The van der Waals surface area contributed by atoms with Crippen LogP contribution in [0.4, 0.5) is 0 Å². The molecule has 1 heteroatoms. The third kappa shape index (κ3) is 3.09. The van der Waals surface area contributed by atoms with Crippen molar-refractivity contribution < 1.29 is 0 Å². The predicted molar refractivity (Wildman–Crippen MR) is 100 cm³/mol. The van der Waals surface area contributed by atoms with E-state index in [2.05, 4.69) is 64.6 Å². The van der Waals surface area contributed by atoms with E-state index in [1.54, 1.807) is 16.7 Å². The van der Waals surface area contributed by atoms with Crippen LogP contribution >= 0.6 is 0 Å². The summed E-state index contributed by atoms with van der Waals surface area (Å²) in [7, 11) is 0. The Morgan fingerprint density at radius 2 is 1.57 bits per heavy atom. The van der Waals surface area contributed by atoms with Gasteiger partial charge in [-0.05, 0) is 73.5 Å². The molecule has 0 bridgehead atoms. The van der Waals surface area contributed by atoms with E-state index in [9.17, 15) is 0 Å². The van der Waals surface area contributed by atoms with Crippen molar-refractivity contribution in [3.05, 3.63) is 34.9 Å². The Hall–Kier alpha value is -0.820. The number of benzene rings is 1. The molecule has 0 unspecified atom stereocenters. The molecule has 0 spiro atoms. The first-order valence-electron chi connectivity index (χ1n) is 9.76. The summed E-state index contributed by atoms with van der Waals surface area (Å²) in [5, 5.41) is 0. The second kappa shape index (κ2) is 6.59. The van der Waals surface area contributed by atoms with E-state index in [0.717, 1.165) is 35.8 Å². The Bertz CT molecular complexity index is 535. The zero-order valence-electron chi connectivity index (χ0n) is 16.0. The van der Waals surface area contributed by atoms with Crippen molar-refractivity contribution in [3.63, 3.8) is 0 Å². The maximum Gasteiger partial charge on any atom is 0.00957 e. The lowest BCUT2D eigenvalue weighted by molar-refractivity contribution is 0.0289. The molecule has 1 fully saturated rings. The first-order chi connectivity index (χ1) is 10.9. The molecule has 1 aromatic carbocycles. The Balaban J connectivity index is 1.74. The third-order valence-corrected chi connectivity index (χ3v) is 7.26. The van der Waals surface area contributed by atoms with Gasteiger partial charge >= 0.3 is 0 Å². The molecule has 0 N–H and O–H groups in total. The lowest BCUT2D eigenvalue weighted by Crippen LogP contribution is -2.52. The van der Waals surface area contributed by atoms with Gasteiger partial charge in [-0.3, -0.25) is 4.90 Å². The number of hydrogen-bond acceptors (Lipinski definition) is 1. The van der Waals surface area contributed by atoms with Crippen molar-refractivity contribution in [2.75, 3.05) is 6.54 Å². The summed E-state index contributed by atoms with van der Waals surface area (Å²) in [6.45, 7) is 15.8. The average Bonchev–Trinajstić information content (AvgIpc) is 2.81. The molecule has 1 saturated heterocycles. The molecule has 1 aliphatic heterocycles. The highest BCUT2D eigenvalue weighted by Crippen LogP contribution is 2.39. The van der Waals surface area contributed by atoms with Gasteiger partial charge in [-0.2, -0.15) is 0 Å². The lowest BCUT2D eigenvalue weighted by Gasteiger charge is -2.46. The van der Waals surface area contributed by atoms with Crippen LogP contribution in [0.1, 0.15) is 70.6 Å². The minimum absolute atomic E-state index is 0.718. The van der Waals surface area contributed by atoms with Crippen LogP contribution in [0.2, 0.25) is 0 Å². The van der Waals surface area contributed by atoms with Gasteiger partial charge in [-0.15, -0.1) is 0 Å². The molecule has 1 aromatic rings. The van der Waals surface area contributed by atoms with Crippen LogP contribution in [0.5, 0.6) is 0 Å². The predicted octanol–water partition coefficient (Wildman–Crippen LogP) is 5.28. The summed E-state index contributed by atoms with van der Waals surface area (Å²) in [6.07, 6.45) is 3.88. The zero-order chi connectivity index (χ0) is 16.7. The van der Waals surface area contributed by atoms with Gasteiger partial charge in [0.25, 0.3) is 0 Å². The van der Waals surface area contributed by atoms with Gasteiger partial charge in [0.2, 0.25) is 0 Å². The summed E-state index contributed by atoms with van der Waals surface area (Å²) in [4.78, 5) is 2.78. The van der Waals surface area contributed by atoms with Crippen LogP contribution in [0, 0.1) is 17.8 Å². The minimum atomic E-state index is 0.718. The van der Waals surface area contributed by atoms with Crippen LogP contribution in [0.25, 0.3) is 0 Å². The van der Waals surface area contributed by atoms with E-state index < -0.39 is 0 Å². The van der Waals surface area contributed by atoms with E-state index in [0.29, 0.717) is 0 Å². The molecule has 2 aliphatic rings. The fourth-order valence-electron chi connectivity index (χ4n) is 5.03. The molecule has 3 rings (SSSR count). The normalized spacial score (nSPS) is 37.8. The van der Waals surface area contributed by atoms with E-state index in [4.69, 9.17) is 0 Å². The van der Waals surface area contributed by atoms with Crippen molar-refractivity contribution >= 4 is 0 Å². The van der Waals surface area contributed by atoms with Gasteiger partial charge in [0.05, 0.1) is 0 Å². The summed E-state index contributed by atoms with van der Waals surface area (Å²) < 4.78 is 0. The summed E-state index contributed by atoms with van der Waals surface area (Å²) >= 11 is 0. The first-order valence-corrected chi connectivity index (χ1v) is 9.76. The Kier molecular flexibility index (Phi) is 4.88. The fraction of sp³-hybridized carbons (Fsp3) is 0.727. The topological polar surface area (TPSA) is 3.24 Å². The number of nitrogens with zero attached hydrogens (tertiary/aromatic N) is 1. The van der Waals surface area contributed by atoms with Gasteiger partial charge in [-0.1, -0.05) is 45.9 Å². The van der Waals surface area contributed by atoms with E-state index in [-0.39, 0.29) is 0 Å². The van der Waals surface area contributed by atoms with Gasteiger partial charge in [0.1, 0.15) is 0 Å². The summed E-state index contributed by atoms with van der Waals surface area (Å²) in [6, 6.07) is 8.47. The number of piperidine rings is 1. The number of fused-ring (bicyclic) bond motifs is 1. The molecule has 0 saturated carbocycles. The van der Waals surface area contributed by atoms with Crippen LogP contribution in [-0.2, 0) is 12.8 Å². The van der Waals surface area contributed by atoms with E-state index in [1.807, 2.05) is 0 Å². The maximum absolute atomic E-state index is 2.78. The highest BCUT2D eigenvalue weighted by molar-refractivity contribution is 5.42. The molecule has 0 radical (unpaired) electrons. The quantitative estimate of drug-likeness (QED) is 0.734. The standard InChI is InChI=1S/C22H35N/c1-14-13-22-20(8-7-9-21(22)17(14)4)10-11-23-18(5)15(2)12-16(3)19(23)6/h7-9,14-19H,10-13H2,1-6H3/t14-,15-,16+,17-,18-,19+/m1/s1. The van der Waals surface area contributed by atoms with Crippen molar-refractivity contribution in [2.24, 2.45) is 17.8 Å². The zero-order valence-corrected chi connectivity index (χ0v) is 16.0. The minimum Gasteiger partial charge on any atom is -0.297 e. The Morgan fingerprint density at radius 1 is 0.913 bits per heavy atom. The molecule has 1 aliphatic carbocycles. The van der Waals surface area contributed by atoms with Crippen LogP contribution < -0.4 is 0 Å². The molecule has 6 atom stereocenters. The van der Waals surface area contributed by atoms with Crippen LogP contribution in [0.3, 0.4) is 0 Å². The van der Waals surface area contributed by atoms with Crippen LogP contribution in [0.15, 0.2) is 18.2 Å². The van der Waals surface area contributed by atoms with Crippen molar-refractivity contribution in [2.45, 2.75) is 78.8 Å². The molecule has 1 nitrogen and oxygen atoms in total. The molecule has 0 amide bonds. The highest BCUT2D eigenvalue weighted by atomic mass is 15.2. The monoisotopic (exact) mass is 313 g/mol. The van der Waals surface area contributed by atoms with E-state index >= 15 is 0 Å². The molecule has 23 heavy (non-hydrogen) atoms. The average molecular weight is 314 g/mol. The number of hydrogen-bond donors (Lipinski definition) is 0. The first kappa shape index (κ1) is 17.0. The molecule has 1 heterocycles. The smallest absolute Gasteiger partial charge is 0.00957 e. The lowest BCUT2D eigenvalue weighted by atomic mass is 9.81. The molecular weight excluding hydrogens is 278 g/mol. The number of likely N-dealkylation sites (tertiary alicyclic amines) is 1. The number of rotatable bonds is 3. The summed E-state index contributed by atoms with van der Waals surface area (Å²) in [5.41, 5.74) is 4.91. The van der Waals surface area contributed by atoms with Crippen molar-refractivity contribution in [3.8, 4) is 0 Å². The second-order valence-electron chi connectivity index (χ2n) is 8.61. The van der Waals surface area contributed by atoms with Crippen LogP contribution in [-0.4, -0.2) is 23.5 Å². The Labute approximate surface area is 143 Å². The van der Waals surface area contributed by atoms with Gasteiger partial charge < -0.3 is 0 Å². The van der Waals surface area contributed by atoms with Gasteiger partial charge in [0, 0.05) is 18.6 Å². The van der Waals surface area contributed by atoms with Gasteiger partial charge in [-0.25, -0.2) is 0 Å². The summed E-state index contributed by atoms with van der Waals surface area (Å²) in [5.74, 6) is 3.18. The Morgan fingerprint density at radius 3 is 2.22 bits per heavy atom. The molecule has 0 aromatic heterocycles.